The number of esters is 1. The van der Waals surface area contributed by atoms with Crippen LogP contribution in [0.2, 0.25) is 0 Å². The molecule has 0 spiro atoms. The molecule has 3 nitrogen and oxygen atoms in total. The summed E-state index contributed by atoms with van der Waals surface area (Å²) in [6, 6.07) is 0. The summed E-state index contributed by atoms with van der Waals surface area (Å²) in [5.41, 5.74) is -0.720. The predicted molar refractivity (Wildman–Crippen MR) is 70.2 cm³/mol. The van der Waals surface area contributed by atoms with E-state index in [1.807, 2.05) is 20.8 Å². The van der Waals surface area contributed by atoms with Gasteiger partial charge in [-0.25, -0.2) is 0 Å². The lowest BCUT2D eigenvalue weighted by molar-refractivity contribution is -0.186. The summed E-state index contributed by atoms with van der Waals surface area (Å²) in [6.45, 7) is 8.55. The molecule has 3 heteroatoms. The van der Waals surface area contributed by atoms with Crippen molar-refractivity contribution in [2.45, 2.75) is 59.0 Å². The number of ether oxygens (including phenoxy) is 2. The van der Waals surface area contributed by atoms with Gasteiger partial charge in [0.25, 0.3) is 0 Å². The average molecular weight is 254 g/mol. The quantitative estimate of drug-likeness (QED) is 0.726. The van der Waals surface area contributed by atoms with Gasteiger partial charge in [-0.15, -0.1) is 0 Å². The molecule has 0 aliphatic heterocycles. The van der Waals surface area contributed by atoms with Crippen LogP contribution in [0.1, 0.15) is 53.4 Å². The summed E-state index contributed by atoms with van der Waals surface area (Å²) < 4.78 is 11.4. The van der Waals surface area contributed by atoms with Gasteiger partial charge in [-0.2, -0.15) is 0 Å². The number of hydrogen-bond acceptors (Lipinski definition) is 3. The van der Waals surface area contributed by atoms with Crippen LogP contribution in [0, 0.1) is 16.7 Å². The van der Waals surface area contributed by atoms with Crippen molar-refractivity contribution in [3.05, 3.63) is 0 Å². The molecule has 18 heavy (non-hydrogen) atoms. The van der Waals surface area contributed by atoms with Crippen molar-refractivity contribution in [3.8, 4) is 0 Å². The lowest BCUT2D eigenvalue weighted by Crippen LogP contribution is -2.49. The van der Waals surface area contributed by atoms with Crippen LogP contribution in [0.3, 0.4) is 0 Å². The van der Waals surface area contributed by atoms with E-state index in [2.05, 4.69) is 6.92 Å². The van der Waals surface area contributed by atoms with Crippen LogP contribution in [0.15, 0.2) is 0 Å². The zero-order chi connectivity index (χ0) is 13.6. The highest BCUT2D eigenvalue weighted by molar-refractivity contribution is 5.76. The molecule has 2 aliphatic rings. The molecule has 0 aromatic carbocycles. The molecule has 0 N–H and O–H groups in total. The predicted octanol–water partition coefficient (Wildman–Crippen LogP) is 3.17. The summed E-state index contributed by atoms with van der Waals surface area (Å²) in [5.74, 6) is 0.617. The second-order valence-corrected chi connectivity index (χ2v) is 7.40. The molecule has 0 aromatic heterocycles. The Kier molecular flexibility index (Phi) is 3.25. The summed E-state index contributed by atoms with van der Waals surface area (Å²) in [7, 11) is 1.74. The minimum atomic E-state index is -0.431. The van der Waals surface area contributed by atoms with E-state index in [1.54, 1.807) is 7.11 Å². The molecular weight excluding hydrogens is 228 g/mol. The van der Waals surface area contributed by atoms with Crippen LogP contribution in [0.25, 0.3) is 0 Å². The van der Waals surface area contributed by atoms with Crippen molar-refractivity contribution in [3.63, 3.8) is 0 Å². The Bertz CT molecular complexity index is 344. The van der Waals surface area contributed by atoms with Gasteiger partial charge in [-0.05, 0) is 59.3 Å². The molecule has 0 radical (unpaired) electrons. The molecule has 0 heterocycles. The molecule has 2 aliphatic carbocycles. The van der Waals surface area contributed by atoms with Crippen LogP contribution in [0.4, 0.5) is 0 Å². The minimum absolute atomic E-state index is 0.0489. The minimum Gasteiger partial charge on any atom is -0.458 e. The third kappa shape index (κ3) is 2.07. The molecule has 2 rings (SSSR count). The van der Waals surface area contributed by atoms with Gasteiger partial charge in [0.2, 0.25) is 0 Å². The Labute approximate surface area is 110 Å². The molecule has 0 amide bonds. The van der Waals surface area contributed by atoms with Crippen molar-refractivity contribution in [2.24, 2.45) is 16.7 Å². The zero-order valence-corrected chi connectivity index (χ0v) is 12.3. The first kappa shape index (κ1) is 13.9. The van der Waals surface area contributed by atoms with E-state index in [4.69, 9.17) is 9.47 Å². The van der Waals surface area contributed by atoms with Crippen LogP contribution in [0.5, 0.6) is 0 Å². The molecule has 3 unspecified atom stereocenters. The van der Waals surface area contributed by atoms with E-state index in [0.717, 1.165) is 19.3 Å². The summed E-state index contributed by atoms with van der Waals surface area (Å²) in [6.07, 6.45) is 4.53. The summed E-state index contributed by atoms with van der Waals surface area (Å²) in [5, 5.41) is 0. The Morgan fingerprint density at radius 3 is 2.50 bits per heavy atom. The van der Waals surface area contributed by atoms with Crippen molar-refractivity contribution in [1.82, 2.24) is 0 Å². The number of rotatable bonds is 3. The smallest absolute Gasteiger partial charge is 0.311 e. The molecule has 2 bridgehead atoms. The van der Waals surface area contributed by atoms with E-state index < -0.39 is 5.41 Å². The lowest BCUT2D eigenvalue weighted by Gasteiger charge is -2.44. The Hall–Kier alpha value is -0.570. The summed E-state index contributed by atoms with van der Waals surface area (Å²) >= 11 is 0. The fourth-order valence-corrected chi connectivity index (χ4v) is 3.73. The van der Waals surface area contributed by atoms with Gasteiger partial charge < -0.3 is 9.47 Å². The SMILES string of the molecule is COCC12CCC(C1)CC2(C)OC(=O)C(C)(C)C. The molecule has 0 aromatic rings. The van der Waals surface area contributed by atoms with E-state index >= 15 is 0 Å². The first-order valence-corrected chi connectivity index (χ1v) is 6.95. The van der Waals surface area contributed by atoms with Crippen molar-refractivity contribution >= 4 is 5.97 Å². The molecule has 2 fully saturated rings. The van der Waals surface area contributed by atoms with Gasteiger partial charge >= 0.3 is 5.97 Å². The number of hydrogen-bond donors (Lipinski definition) is 0. The van der Waals surface area contributed by atoms with Crippen LogP contribution in [-0.2, 0) is 14.3 Å². The third-order valence-corrected chi connectivity index (χ3v) is 4.86. The Morgan fingerprint density at radius 1 is 1.33 bits per heavy atom. The maximum absolute atomic E-state index is 12.2. The third-order valence-electron chi connectivity index (χ3n) is 4.86. The van der Waals surface area contributed by atoms with Crippen molar-refractivity contribution in [1.29, 1.82) is 0 Å². The maximum atomic E-state index is 12.2. The molecule has 104 valence electrons. The van der Waals surface area contributed by atoms with Gasteiger partial charge in [-0.1, -0.05) is 0 Å². The zero-order valence-electron chi connectivity index (χ0n) is 12.3. The molecular formula is C15H26O3. The largest absolute Gasteiger partial charge is 0.458 e. The molecule has 2 saturated carbocycles. The number of methoxy groups -OCH3 is 1. The van der Waals surface area contributed by atoms with Crippen LogP contribution < -0.4 is 0 Å². The topological polar surface area (TPSA) is 35.5 Å². The Morgan fingerprint density at radius 2 is 2.00 bits per heavy atom. The van der Waals surface area contributed by atoms with E-state index in [1.165, 1.54) is 6.42 Å². The monoisotopic (exact) mass is 254 g/mol. The van der Waals surface area contributed by atoms with Crippen LogP contribution in [-0.4, -0.2) is 25.3 Å². The van der Waals surface area contributed by atoms with Gasteiger partial charge in [0.05, 0.1) is 12.0 Å². The second kappa shape index (κ2) is 4.22. The van der Waals surface area contributed by atoms with Crippen molar-refractivity contribution in [2.75, 3.05) is 13.7 Å². The first-order valence-electron chi connectivity index (χ1n) is 6.95. The molecule has 0 saturated heterocycles. The van der Waals surface area contributed by atoms with Gasteiger partial charge in [0.15, 0.2) is 0 Å². The number of fused-ring (bicyclic) bond motifs is 2. The average Bonchev–Trinajstić information content (AvgIpc) is 2.71. The van der Waals surface area contributed by atoms with Gasteiger partial charge in [0, 0.05) is 12.5 Å². The van der Waals surface area contributed by atoms with Gasteiger partial charge in [-0.3, -0.25) is 4.79 Å². The highest BCUT2D eigenvalue weighted by Gasteiger charge is 2.61. The Balaban J connectivity index is 2.18. The van der Waals surface area contributed by atoms with Crippen LogP contribution >= 0.6 is 0 Å². The summed E-state index contributed by atoms with van der Waals surface area (Å²) in [4.78, 5) is 12.2. The normalized spacial score (nSPS) is 39.1. The lowest BCUT2D eigenvalue weighted by atomic mass is 9.72. The van der Waals surface area contributed by atoms with Gasteiger partial charge in [0.1, 0.15) is 5.60 Å². The number of carbonyl (C=O) groups is 1. The first-order chi connectivity index (χ1) is 8.22. The highest BCUT2D eigenvalue weighted by Crippen LogP contribution is 2.61. The standard InChI is InChI=1S/C15H26O3/c1-13(2,3)12(16)18-14(4)8-11-6-7-15(14,9-11)10-17-5/h11H,6-10H2,1-5H3. The van der Waals surface area contributed by atoms with E-state index in [-0.39, 0.29) is 17.0 Å². The number of carbonyl (C=O) groups excluding carboxylic acids is 1. The fraction of sp³-hybridized carbons (Fsp3) is 0.933. The highest BCUT2D eigenvalue weighted by atomic mass is 16.6. The fourth-order valence-electron chi connectivity index (χ4n) is 3.73. The maximum Gasteiger partial charge on any atom is 0.311 e. The van der Waals surface area contributed by atoms with E-state index in [9.17, 15) is 4.79 Å². The van der Waals surface area contributed by atoms with Crippen molar-refractivity contribution < 1.29 is 14.3 Å². The molecule has 3 atom stereocenters. The second-order valence-electron chi connectivity index (χ2n) is 7.40. The van der Waals surface area contributed by atoms with E-state index in [0.29, 0.717) is 12.5 Å².